The van der Waals surface area contributed by atoms with Gasteiger partial charge in [0.05, 0.1) is 22.5 Å². The van der Waals surface area contributed by atoms with E-state index in [1.165, 1.54) is 0 Å². The number of primary amides is 1. The summed E-state index contributed by atoms with van der Waals surface area (Å²) in [4.78, 5) is 11.6. The standard InChI is InChI=1S/C16H25N3O2/c1-3-16(4-2)10-11(8-9-21-16)19-14-12(15(18)20)6-5-7-13(14)17/h5-7,11,19H,3-4,8-10,17H2,1-2H3,(H2,18,20). The Morgan fingerprint density at radius 1 is 1.43 bits per heavy atom. The third kappa shape index (κ3) is 3.29. The van der Waals surface area contributed by atoms with Gasteiger partial charge in [-0.15, -0.1) is 0 Å². The van der Waals surface area contributed by atoms with Crippen LogP contribution in [0.4, 0.5) is 11.4 Å². The third-order valence-electron chi connectivity index (χ3n) is 4.49. The van der Waals surface area contributed by atoms with Crippen LogP contribution in [-0.2, 0) is 4.74 Å². The summed E-state index contributed by atoms with van der Waals surface area (Å²) in [6.45, 7) is 5.02. The normalized spacial score (nSPS) is 21.0. The second-order valence-corrected chi connectivity index (χ2v) is 5.71. The molecule has 5 nitrogen and oxygen atoms in total. The van der Waals surface area contributed by atoms with Crippen LogP contribution in [0.1, 0.15) is 49.9 Å². The Morgan fingerprint density at radius 3 is 2.76 bits per heavy atom. The first-order chi connectivity index (χ1) is 10.0. The molecule has 1 aromatic carbocycles. The minimum absolute atomic E-state index is 0.0770. The SMILES string of the molecule is CCC1(CC)CC(Nc2c(N)cccc2C(N)=O)CCO1. The van der Waals surface area contributed by atoms with Crippen LogP contribution in [0.25, 0.3) is 0 Å². The summed E-state index contributed by atoms with van der Waals surface area (Å²) in [7, 11) is 0. The summed E-state index contributed by atoms with van der Waals surface area (Å²) in [5.74, 6) is -0.464. The zero-order valence-electron chi connectivity index (χ0n) is 12.8. The molecule has 1 fully saturated rings. The van der Waals surface area contributed by atoms with Crippen LogP contribution in [0.15, 0.2) is 18.2 Å². The number of para-hydroxylation sites is 1. The molecule has 0 spiro atoms. The van der Waals surface area contributed by atoms with Crippen LogP contribution in [0.5, 0.6) is 0 Å². The lowest BCUT2D eigenvalue weighted by Gasteiger charge is -2.40. The van der Waals surface area contributed by atoms with Crippen molar-refractivity contribution in [1.82, 2.24) is 0 Å². The first kappa shape index (κ1) is 15.6. The van der Waals surface area contributed by atoms with E-state index >= 15 is 0 Å². The molecule has 1 amide bonds. The number of hydrogen-bond acceptors (Lipinski definition) is 4. The molecule has 0 aliphatic carbocycles. The largest absolute Gasteiger partial charge is 0.397 e. The number of benzene rings is 1. The lowest BCUT2D eigenvalue weighted by molar-refractivity contribution is -0.0864. The van der Waals surface area contributed by atoms with Crippen LogP contribution < -0.4 is 16.8 Å². The van der Waals surface area contributed by atoms with E-state index in [1.54, 1.807) is 18.2 Å². The molecule has 5 heteroatoms. The van der Waals surface area contributed by atoms with Gasteiger partial charge in [-0.2, -0.15) is 0 Å². The van der Waals surface area contributed by atoms with Crippen molar-refractivity contribution in [3.63, 3.8) is 0 Å². The number of carbonyl (C=O) groups is 1. The molecule has 1 aromatic rings. The highest BCUT2D eigenvalue weighted by Gasteiger charge is 2.34. The number of rotatable bonds is 5. The zero-order chi connectivity index (χ0) is 15.5. The maximum Gasteiger partial charge on any atom is 0.250 e. The Kier molecular flexibility index (Phi) is 4.73. The zero-order valence-corrected chi connectivity index (χ0v) is 12.8. The van der Waals surface area contributed by atoms with Gasteiger partial charge in [-0.1, -0.05) is 19.9 Å². The van der Waals surface area contributed by atoms with E-state index in [9.17, 15) is 4.79 Å². The number of nitrogens with one attached hydrogen (secondary N) is 1. The smallest absolute Gasteiger partial charge is 0.250 e. The van der Waals surface area contributed by atoms with Gasteiger partial charge in [0.15, 0.2) is 0 Å². The van der Waals surface area contributed by atoms with E-state index in [0.717, 1.165) is 32.3 Å². The Hall–Kier alpha value is -1.75. The monoisotopic (exact) mass is 291 g/mol. The number of nitrogen functional groups attached to an aromatic ring is 1. The number of carbonyl (C=O) groups excluding carboxylic acids is 1. The Bertz CT molecular complexity index is 512. The average Bonchev–Trinajstić information content (AvgIpc) is 2.49. The quantitative estimate of drug-likeness (QED) is 0.727. The highest BCUT2D eigenvalue weighted by molar-refractivity contribution is 6.01. The minimum Gasteiger partial charge on any atom is -0.397 e. The van der Waals surface area contributed by atoms with Crippen LogP contribution in [0.3, 0.4) is 0 Å². The van der Waals surface area contributed by atoms with E-state index in [2.05, 4.69) is 19.2 Å². The predicted octanol–water partition coefficient (Wildman–Crippen LogP) is 2.52. The van der Waals surface area contributed by atoms with Gasteiger partial charge in [0, 0.05) is 12.6 Å². The van der Waals surface area contributed by atoms with Gasteiger partial charge in [-0.05, 0) is 37.8 Å². The van der Waals surface area contributed by atoms with Crippen molar-refractivity contribution in [3.05, 3.63) is 23.8 Å². The van der Waals surface area contributed by atoms with Crippen LogP contribution in [-0.4, -0.2) is 24.2 Å². The number of hydrogen-bond donors (Lipinski definition) is 3. The molecule has 2 rings (SSSR count). The van der Waals surface area contributed by atoms with Gasteiger partial charge in [0.1, 0.15) is 0 Å². The average molecular weight is 291 g/mol. The van der Waals surface area contributed by atoms with E-state index in [0.29, 0.717) is 16.9 Å². The van der Waals surface area contributed by atoms with E-state index in [4.69, 9.17) is 16.2 Å². The highest BCUT2D eigenvalue weighted by atomic mass is 16.5. The predicted molar refractivity (Wildman–Crippen MR) is 85.3 cm³/mol. The summed E-state index contributed by atoms with van der Waals surface area (Å²) < 4.78 is 5.98. The molecule has 0 bridgehead atoms. The molecule has 0 aromatic heterocycles. The van der Waals surface area contributed by atoms with E-state index in [1.807, 2.05) is 0 Å². The van der Waals surface area contributed by atoms with Crippen LogP contribution in [0, 0.1) is 0 Å². The minimum atomic E-state index is -0.464. The fraction of sp³-hybridized carbons (Fsp3) is 0.562. The maximum atomic E-state index is 11.6. The molecular formula is C16H25N3O2. The van der Waals surface area contributed by atoms with E-state index < -0.39 is 5.91 Å². The van der Waals surface area contributed by atoms with Crippen LogP contribution >= 0.6 is 0 Å². The summed E-state index contributed by atoms with van der Waals surface area (Å²) >= 11 is 0. The molecule has 1 atom stereocenters. The Balaban J connectivity index is 2.20. The van der Waals surface area contributed by atoms with Crippen molar-refractivity contribution in [2.45, 2.75) is 51.2 Å². The van der Waals surface area contributed by atoms with Gasteiger partial charge in [-0.25, -0.2) is 0 Å². The summed E-state index contributed by atoms with van der Waals surface area (Å²) in [5.41, 5.74) is 13.0. The van der Waals surface area contributed by atoms with Gasteiger partial charge < -0.3 is 21.5 Å². The molecule has 1 aliphatic heterocycles. The molecule has 5 N–H and O–H groups in total. The third-order valence-corrected chi connectivity index (χ3v) is 4.49. The van der Waals surface area contributed by atoms with Crippen molar-refractivity contribution in [3.8, 4) is 0 Å². The molecule has 1 unspecified atom stereocenters. The van der Waals surface area contributed by atoms with Gasteiger partial charge in [-0.3, -0.25) is 4.79 Å². The number of amides is 1. The van der Waals surface area contributed by atoms with Gasteiger partial charge >= 0.3 is 0 Å². The van der Waals surface area contributed by atoms with Gasteiger partial charge in [0.2, 0.25) is 0 Å². The molecule has 116 valence electrons. The molecular weight excluding hydrogens is 266 g/mol. The molecule has 0 saturated carbocycles. The number of nitrogens with two attached hydrogens (primary N) is 2. The van der Waals surface area contributed by atoms with Crippen molar-refractivity contribution < 1.29 is 9.53 Å². The van der Waals surface area contributed by atoms with Crippen molar-refractivity contribution >= 4 is 17.3 Å². The van der Waals surface area contributed by atoms with Crippen molar-refractivity contribution in [1.29, 1.82) is 0 Å². The second kappa shape index (κ2) is 6.35. The summed E-state index contributed by atoms with van der Waals surface area (Å²) in [6.07, 6.45) is 3.77. The lowest BCUT2D eigenvalue weighted by Crippen LogP contribution is -2.44. The van der Waals surface area contributed by atoms with Crippen molar-refractivity contribution in [2.75, 3.05) is 17.7 Å². The highest BCUT2D eigenvalue weighted by Crippen LogP contribution is 2.34. The fourth-order valence-corrected chi connectivity index (χ4v) is 3.03. The first-order valence-electron chi connectivity index (χ1n) is 7.60. The Morgan fingerprint density at radius 2 is 2.14 bits per heavy atom. The fourth-order valence-electron chi connectivity index (χ4n) is 3.03. The lowest BCUT2D eigenvalue weighted by atomic mass is 9.85. The number of anilines is 2. The second-order valence-electron chi connectivity index (χ2n) is 5.71. The van der Waals surface area contributed by atoms with Crippen LogP contribution in [0.2, 0.25) is 0 Å². The topological polar surface area (TPSA) is 90.4 Å². The molecule has 21 heavy (non-hydrogen) atoms. The molecule has 1 saturated heterocycles. The maximum absolute atomic E-state index is 11.6. The van der Waals surface area contributed by atoms with E-state index in [-0.39, 0.29) is 11.6 Å². The number of ether oxygens (including phenoxy) is 1. The molecule has 1 aliphatic rings. The summed E-state index contributed by atoms with van der Waals surface area (Å²) in [5, 5.41) is 3.42. The molecule has 1 heterocycles. The molecule has 0 radical (unpaired) electrons. The van der Waals surface area contributed by atoms with Crippen molar-refractivity contribution in [2.24, 2.45) is 5.73 Å². The first-order valence-corrected chi connectivity index (χ1v) is 7.60. The summed E-state index contributed by atoms with van der Waals surface area (Å²) in [6, 6.07) is 5.46. The van der Waals surface area contributed by atoms with Gasteiger partial charge in [0.25, 0.3) is 5.91 Å². The Labute approximate surface area is 126 Å².